The molecule has 0 radical (unpaired) electrons. The fourth-order valence-corrected chi connectivity index (χ4v) is 5.57. The second-order valence-corrected chi connectivity index (χ2v) is 14.0. The van der Waals surface area contributed by atoms with Crippen LogP contribution in [0.25, 0.3) is 0 Å². The zero-order valence-corrected chi connectivity index (χ0v) is 34.3. The molecule has 0 aliphatic heterocycles. The van der Waals surface area contributed by atoms with Gasteiger partial charge in [-0.3, -0.25) is 14.4 Å². The minimum atomic E-state index is -0.803. The molecule has 0 aliphatic carbocycles. The van der Waals surface area contributed by atoms with Crippen molar-refractivity contribution in [3.05, 3.63) is 72.9 Å². The van der Waals surface area contributed by atoms with E-state index in [1.165, 1.54) is 77.0 Å². The van der Waals surface area contributed by atoms with Crippen LogP contribution >= 0.6 is 0 Å². The zero-order valence-electron chi connectivity index (χ0n) is 34.3. The van der Waals surface area contributed by atoms with Crippen LogP contribution < -0.4 is 0 Å². The molecule has 53 heavy (non-hydrogen) atoms. The molecule has 302 valence electrons. The Balaban J connectivity index is 4.52. The first kappa shape index (κ1) is 49.9. The van der Waals surface area contributed by atoms with Crippen molar-refractivity contribution < 1.29 is 28.6 Å². The van der Waals surface area contributed by atoms with Gasteiger partial charge in [0.1, 0.15) is 13.2 Å². The first-order valence-corrected chi connectivity index (χ1v) is 21.5. The number of allylic oxidation sites excluding steroid dienone is 12. The Morgan fingerprint density at radius 2 is 0.792 bits per heavy atom. The average Bonchev–Trinajstić information content (AvgIpc) is 3.15. The van der Waals surface area contributed by atoms with E-state index < -0.39 is 6.10 Å². The van der Waals surface area contributed by atoms with E-state index in [4.69, 9.17) is 14.2 Å². The highest BCUT2D eigenvalue weighted by Crippen LogP contribution is 2.13. The largest absolute Gasteiger partial charge is 0.462 e. The van der Waals surface area contributed by atoms with Crippen LogP contribution in [0.1, 0.15) is 188 Å². The third-order valence-electron chi connectivity index (χ3n) is 8.82. The van der Waals surface area contributed by atoms with Crippen LogP contribution in [0.5, 0.6) is 0 Å². The molecular weight excluding hydrogens is 661 g/mol. The monoisotopic (exact) mass is 739 g/mol. The van der Waals surface area contributed by atoms with Crippen molar-refractivity contribution in [1.29, 1.82) is 0 Å². The van der Waals surface area contributed by atoms with Crippen LogP contribution in [0.4, 0.5) is 0 Å². The number of carbonyl (C=O) groups is 3. The maximum absolute atomic E-state index is 12.7. The van der Waals surface area contributed by atoms with Gasteiger partial charge in [0.25, 0.3) is 0 Å². The van der Waals surface area contributed by atoms with Gasteiger partial charge in [-0.2, -0.15) is 0 Å². The first-order chi connectivity index (χ1) is 26.0. The van der Waals surface area contributed by atoms with E-state index in [0.29, 0.717) is 19.3 Å². The lowest BCUT2D eigenvalue weighted by molar-refractivity contribution is -0.167. The molecule has 0 aromatic heterocycles. The standard InChI is InChI=1S/C47H78O6/c1-4-7-10-13-16-19-22-23-26-28-31-34-37-40-46(49)52-43-44(53-47(50)41-38-35-32-29-25-21-18-15-12-9-6-3)42-51-45(48)39-36-33-30-27-24-20-17-14-11-8-5-2/h7,10,13,15-16,18-19,22-23,26,28,31,44H,4-6,8-9,11-12,14,17,20-21,24-25,27,29-30,32-43H2,1-3H3/b10-7-,16-13-,18-15-,22-19-,26-23-,31-28-. The predicted molar refractivity (Wildman–Crippen MR) is 224 cm³/mol. The Bertz CT molecular complexity index is 1030. The molecule has 0 rings (SSSR count). The fourth-order valence-electron chi connectivity index (χ4n) is 5.57. The lowest BCUT2D eigenvalue weighted by Crippen LogP contribution is -2.30. The summed E-state index contributed by atoms with van der Waals surface area (Å²) in [7, 11) is 0. The van der Waals surface area contributed by atoms with E-state index in [1.54, 1.807) is 0 Å². The molecule has 0 saturated heterocycles. The van der Waals surface area contributed by atoms with Crippen molar-refractivity contribution in [2.24, 2.45) is 0 Å². The van der Waals surface area contributed by atoms with Crippen LogP contribution in [0.2, 0.25) is 0 Å². The molecule has 0 amide bonds. The zero-order chi connectivity index (χ0) is 38.7. The normalized spacial score (nSPS) is 12.7. The molecule has 0 aliphatic rings. The number of carbonyl (C=O) groups excluding carboxylic acids is 3. The van der Waals surface area contributed by atoms with Gasteiger partial charge in [0, 0.05) is 19.3 Å². The Morgan fingerprint density at radius 1 is 0.396 bits per heavy atom. The summed E-state index contributed by atoms with van der Waals surface area (Å²) in [5.74, 6) is -0.997. The molecule has 0 heterocycles. The highest BCUT2D eigenvalue weighted by molar-refractivity contribution is 5.71. The molecule has 1 atom stereocenters. The Labute approximate surface area is 325 Å². The van der Waals surface area contributed by atoms with E-state index >= 15 is 0 Å². The molecule has 0 spiro atoms. The van der Waals surface area contributed by atoms with Gasteiger partial charge in [-0.05, 0) is 51.4 Å². The van der Waals surface area contributed by atoms with E-state index in [2.05, 4.69) is 39.0 Å². The smallest absolute Gasteiger partial charge is 0.306 e. The van der Waals surface area contributed by atoms with E-state index in [1.807, 2.05) is 54.7 Å². The van der Waals surface area contributed by atoms with E-state index in [0.717, 1.165) is 64.2 Å². The van der Waals surface area contributed by atoms with Gasteiger partial charge in [0.2, 0.25) is 0 Å². The minimum absolute atomic E-state index is 0.101. The highest BCUT2D eigenvalue weighted by Gasteiger charge is 2.19. The molecule has 6 nitrogen and oxygen atoms in total. The molecule has 0 aromatic rings. The molecule has 0 bridgehead atoms. The van der Waals surface area contributed by atoms with Gasteiger partial charge in [-0.1, -0.05) is 190 Å². The second kappa shape index (κ2) is 41.6. The number of rotatable bonds is 37. The number of esters is 3. The Kier molecular flexibility index (Phi) is 39.1. The Hall–Kier alpha value is -3.15. The van der Waals surface area contributed by atoms with Crippen LogP contribution in [0.3, 0.4) is 0 Å². The number of ether oxygens (including phenoxy) is 3. The molecule has 1 unspecified atom stereocenters. The third-order valence-corrected chi connectivity index (χ3v) is 8.82. The van der Waals surface area contributed by atoms with Crippen molar-refractivity contribution in [2.75, 3.05) is 13.2 Å². The molecule has 0 saturated carbocycles. The molecular formula is C47H78O6. The van der Waals surface area contributed by atoms with E-state index in [9.17, 15) is 14.4 Å². The number of hydrogen-bond acceptors (Lipinski definition) is 6. The number of hydrogen-bond donors (Lipinski definition) is 0. The van der Waals surface area contributed by atoms with Crippen molar-refractivity contribution in [3.8, 4) is 0 Å². The van der Waals surface area contributed by atoms with Gasteiger partial charge in [-0.25, -0.2) is 0 Å². The highest BCUT2D eigenvalue weighted by atomic mass is 16.6. The predicted octanol–water partition coefficient (Wildman–Crippen LogP) is 13.5. The van der Waals surface area contributed by atoms with Crippen LogP contribution in [0.15, 0.2) is 72.9 Å². The molecule has 0 N–H and O–H groups in total. The SMILES string of the molecule is CC\C=C/C=C\C=C/C=C\C=C/CCCC(=O)OCC(COC(=O)CCCCCCCCCCCCC)OC(=O)CCCCCCC/C=C\CCCC. The summed E-state index contributed by atoms with van der Waals surface area (Å²) < 4.78 is 16.6. The summed E-state index contributed by atoms with van der Waals surface area (Å²) in [4.78, 5) is 37.6. The third kappa shape index (κ3) is 39.9. The summed E-state index contributed by atoms with van der Waals surface area (Å²) in [6.07, 6.45) is 50.3. The van der Waals surface area contributed by atoms with Crippen LogP contribution in [-0.4, -0.2) is 37.2 Å². The lowest BCUT2D eigenvalue weighted by atomic mass is 10.1. The van der Waals surface area contributed by atoms with Gasteiger partial charge < -0.3 is 14.2 Å². The van der Waals surface area contributed by atoms with Crippen molar-refractivity contribution in [1.82, 2.24) is 0 Å². The van der Waals surface area contributed by atoms with Crippen LogP contribution in [-0.2, 0) is 28.6 Å². The van der Waals surface area contributed by atoms with Gasteiger partial charge in [0.15, 0.2) is 6.10 Å². The van der Waals surface area contributed by atoms with Crippen molar-refractivity contribution in [3.63, 3.8) is 0 Å². The lowest BCUT2D eigenvalue weighted by Gasteiger charge is -2.18. The van der Waals surface area contributed by atoms with Crippen LogP contribution in [0, 0.1) is 0 Å². The molecule has 0 fully saturated rings. The fraction of sp³-hybridized carbons (Fsp3) is 0.681. The topological polar surface area (TPSA) is 78.9 Å². The Morgan fingerprint density at radius 3 is 1.32 bits per heavy atom. The van der Waals surface area contributed by atoms with Crippen molar-refractivity contribution >= 4 is 17.9 Å². The second-order valence-electron chi connectivity index (χ2n) is 14.0. The van der Waals surface area contributed by atoms with Gasteiger partial charge in [-0.15, -0.1) is 0 Å². The average molecular weight is 739 g/mol. The summed E-state index contributed by atoms with van der Waals surface area (Å²) >= 11 is 0. The molecule has 6 heteroatoms. The quantitative estimate of drug-likeness (QED) is 0.0208. The summed E-state index contributed by atoms with van der Waals surface area (Å²) in [6, 6.07) is 0. The van der Waals surface area contributed by atoms with Gasteiger partial charge >= 0.3 is 17.9 Å². The maximum atomic E-state index is 12.7. The molecule has 0 aromatic carbocycles. The minimum Gasteiger partial charge on any atom is -0.462 e. The summed E-state index contributed by atoms with van der Waals surface area (Å²) in [6.45, 7) is 6.35. The number of unbranched alkanes of at least 4 members (excludes halogenated alkanes) is 18. The summed E-state index contributed by atoms with van der Waals surface area (Å²) in [5, 5.41) is 0. The van der Waals surface area contributed by atoms with E-state index in [-0.39, 0.29) is 37.5 Å². The summed E-state index contributed by atoms with van der Waals surface area (Å²) in [5.41, 5.74) is 0. The maximum Gasteiger partial charge on any atom is 0.306 e. The van der Waals surface area contributed by atoms with Crippen molar-refractivity contribution in [2.45, 2.75) is 194 Å². The first-order valence-electron chi connectivity index (χ1n) is 21.5. The van der Waals surface area contributed by atoms with Gasteiger partial charge in [0.05, 0.1) is 0 Å².